The Bertz CT molecular complexity index is 1080. The zero-order valence-corrected chi connectivity index (χ0v) is 19.4. The lowest BCUT2D eigenvalue weighted by atomic mass is 9.88. The summed E-state index contributed by atoms with van der Waals surface area (Å²) < 4.78 is 13.1. The molecule has 0 unspecified atom stereocenters. The van der Waals surface area contributed by atoms with Crippen LogP contribution in [0.2, 0.25) is 0 Å². The number of likely N-dealkylation sites (tertiary alicyclic amines) is 1. The molecule has 2 aliphatic heterocycles. The monoisotopic (exact) mass is 434 g/mol. The topological polar surface area (TPSA) is 51.0 Å². The molecule has 0 saturated carbocycles. The van der Waals surface area contributed by atoms with Crippen LogP contribution in [0.4, 0.5) is 0 Å². The quantitative estimate of drug-likeness (QED) is 0.650. The van der Waals surface area contributed by atoms with Crippen LogP contribution in [0, 0.1) is 6.92 Å². The first-order valence-electron chi connectivity index (χ1n) is 11.8. The number of ether oxygens (including phenoxy) is 2. The standard InChI is InChI=1S/C26H34N4O2/c1-18-14-21(19-8-12-29(13-9-19)22-6-10-27-11-7-22)16-30-17-23(28-26(18)30)20-4-5-24(31-2)25(15-20)32-3/h4-5,14-17,19,22,27H,6-13H2,1-3H3. The maximum Gasteiger partial charge on any atom is 0.161 e. The molecular weight excluding hydrogens is 400 g/mol. The van der Waals surface area contributed by atoms with Crippen molar-refractivity contribution in [1.82, 2.24) is 19.6 Å². The molecule has 2 aromatic heterocycles. The van der Waals surface area contributed by atoms with Gasteiger partial charge >= 0.3 is 0 Å². The first kappa shape index (κ1) is 21.3. The third-order valence-corrected chi connectivity index (χ3v) is 7.26. The van der Waals surface area contributed by atoms with Crippen LogP contribution in [-0.4, -0.2) is 60.7 Å². The van der Waals surface area contributed by atoms with Crippen LogP contribution >= 0.6 is 0 Å². The number of fused-ring (bicyclic) bond motifs is 1. The van der Waals surface area contributed by atoms with Crippen molar-refractivity contribution in [2.24, 2.45) is 0 Å². The molecule has 170 valence electrons. The number of methoxy groups -OCH3 is 2. The first-order chi connectivity index (χ1) is 15.7. The fraction of sp³-hybridized carbons (Fsp3) is 0.500. The smallest absolute Gasteiger partial charge is 0.161 e. The second-order valence-corrected chi connectivity index (χ2v) is 9.17. The van der Waals surface area contributed by atoms with Gasteiger partial charge in [0.05, 0.1) is 19.9 Å². The molecule has 0 bridgehead atoms. The van der Waals surface area contributed by atoms with Gasteiger partial charge in [0.15, 0.2) is 11.5 Å². The highest BCUT2D eigenvalue weighted by atomic mass is 16.5. The zero-order chi connectivity index (χ0) is 22.1. The molecule has 2 aliphatic rings. The summed E-state index contributed by atoms with van der Waals surface area (Å²) >= 11 is 0. The van der Waals surface area contributed by atoms with Gasteiger partial charge in [-0.05, 0) is 94.0 Å². The minimum atomic E-state index is 0.628. The van der Waals surface area contributed by atoms with Gasteiger partial charge in [-0.15, -0.1) is 0 Å². The maximum atomic E-state index is 5.48. The highest BCUT2D eigenvalue weighted by molar-refractivity contribution is 5.67. The minimum Gasteiger partial charge on any atom is -0.493 e. The summed E-state index contributed by atoms with van der Waals surface area (Å²) in [6, 6.07) is 9.10. The van der Waals surface area contributed by atoms with Crippen LogP contribution in [0.5, 0.6) is 11.5 Å². The zero-order valence-electron chi connectivity index (χ0n) is 19.4. The van der Waals surface area contributed by atoms with Crippen LogP contribution in [0.25, 0.3) is 16.9 Å². The Morgan fingerprint density at radius 2 is 1.69 bits per heavy atom. The predicted molar refractivity (Wildman–Crippen MR) is 128 cm³/mol. The Morgan fingerprint density at radius 3 is 2.41 bits per heavy atom. The second-order valence-electron chi connectivity index (χ2n) is 9.17. The number of nitrogens with zero attached hydrogens (tertiary/aromatic N) is 3. The number of hydrogen-bond donors (Lipinski definition) is 1. The summed E-state index contributed by atoms with van der Waals surface area (Å²) in [5, 5.41) is 3.49. The van der Waals surface area contributed by atoms with Gasteiger partial charge in [0, 0.05) is 24.0 Å². The van der Waals surface area contributed by atoms with Gasteiger partial charge in [-0.25, -0.2) is 4.98 Å². The molecule has 1 N–H and O–H groups in total. The summed E-state index contributed by atoms with van der Waals surface area (Å²) in [4.78, 5) is 7.66. The van der Waals surface area contributed by atoms with Crippen molar-refractivity contribution in [2.75, 3.05) is 40.4 Å². The van der Waals surface area contributed by atoms with Crippen LogP contribution in [0.1, 0.15) is 42.7 Å². The average Bonchev–Trinajstić information content (AvgIpc) is 3.29. The van der Waals surface area contributed by atoms with Crippen molar-refractivity contribution in [1.29, 1.82) is 0 Å². The molecule has 6 heteroatoms. The lowest BCUT2D eigenvalue weighted by Crippen LogP contribution is -2.46. The van der Waals surface area contributed by atoms with Gasteiger partial charge < -0.3 is 24.1 Å². The van der Waals surface area contributed by atoms with E-state index in [2.05, 4.69) is 40.0 Å². The van der Waals surface area contributed by atoms with Crippen LogP contribution in [0.3, 0.4) is 0 Å². The molecule has 0 spiro atoms. The summed E-state index contributed by atoms with van der Waals surface area (Å²) in [7, 11) is 3.32. The highest BCUT2D eigenvalue weighted by Gasteiger charge is 2.27. The summed E-state index contributed by atoms with van der Waals surface area (Å²) in [6.45, 7) is 6.95. The molecular formula is C26H34N4O2. The van der Waals surface area contributed by atoms with E-state index in [1.165, 1.54) is 63.0 Å². The highest BCUT2D eigenvalue weighted by Crippen LogP contribution is 2.34. The third kappa shape index (κ3) is 4.09. The van der Waals surface area contributed by atoms with Crippen LogP contribution in [0.15, 0.2) is 36.7 Å². The molecule has 3 aromatic rings. The molecule has 0 radical (unpaired) electrons. The average molecular weight is 435 g/mol. The molecule has 4 heterocycles. The largest absolute Gasteiger partial charge is 0.493 e. The van der Waals surface area contributed by atoms with Crippen LogP contribution < -0.4 is 14.8 Å². The number of benzene rings is 1. The number of rotatable bonds is 5. The number of aryl methyl sites for hydroxylation is 1. The maximum absolute atomic E-state index is 5.48. The van der Waals surface area contributed by atoms with Gasteiger partial charge in [-0.1, -0.05) is 6.07 Å². The normalized spacial score (nSPS) is 18.8. The van der Waals surface area contributed by atoms with E-state index in [1.807, 2.05) is 18.2 Å². The van der Waals surface area contributed by atoms with Gasteiger partial charge in [0.2, 0.25) is 0 Å². The lowest BCUT2D eigenvalue weighted by molar-refractivity contribution is 0.127. The van der Waals surface area contributed by atoms with Crippen molar-refractivity contribution < 1.29 is 9.47 Å². The molecule has 5 rings (SSSR count). The minimum absolute atomic E-state index is 0.628. The molecule has 0 atom stereocenters. The van der Waals surface area contributed by atoms with E-state index >= 15 is 0 Å². The molecule has 0 amide bonds. The Labute approximate surface area is 190 Å². The molecule has 6 nitrogen and oxygen atoms in total. The predicted octanol–water partition coefficient (Wildman–Crippen LogP) is 4.26. The van der Waals surface area contributed by atoms with E-state index in [4.69, 9.17) is 14.5 Å². The molecule has 32 heavy (non-hydrogen) atoms. The fourth-order valence-electron chi connectivity index (χ4n) is 5.42. The fourth-order valence-corrected chi connectivity index (χ4v) is 5.42. The van der Waals surface area contributed by atoms with Crippen molar-refractivity contribution in [3.63, 3.8) is 0 Å². The SMILES string of the molecule is COc1ccc(-c2cn3cc(C4CCN(C5CCNCC5)CC4)cc(C)c3n2)cc1OC. The second kappa shape index (κ2) is 9.12. The summed E-state index contributed by atoms with van der Waals surface area (Å²) in [6.07, 6.45) is 9.51. The Kier molecular flexibility index (Phi) is 6.07. The first-order valence-corrected chi connectivity index (χ1v) is 11.8. The van der Waals surface area contributed by atoms with Crippen molar-refractivity contribution in [3.8, 4) is 22.8 Å². The molecule has 1 aromatic carbocycles. The molecule has 2 fully saturated rings. The van der Waals surface area contributed by atoms with E-state index in [0.29, 0.717) is 5.92 Å². The Hall–Kier alpha value is -2.57. The Morgan fingerprint density at radius 1 is 0.938 bits per heavy atom. The number of piperidine rings is 2. The third-order valence-electron chi connectivity index (χ3n) is 7.26. The van der Waals surface area contributed by atoms with Gasteiger partial charge in [0.25, 0.3) is 0 Å². The number of aromatic nitrogens is 2. The number of imidazole rings is 1. The van der Waals surface area contributed by atoms with Gasteiger partial charge in [-0.3, -0.25) is 0 Å². The van der Waals surface area contributed by atoms with Crippen molar-refractivity contribution in [2.45, 2.75) is 44.6 Å². The number of hydrogen-bond acceptors (Lipinski definition) is 5. The van der Waals surface area contributed by atoms with E-state index in [9.17, 15) is 0 Å². The van der Waals surface area contributed by atoms with Crippen molar-refractivity contribution >= 4 is 5.65 Å². The van der Waals surface area contributed by atoms with Crippen LogP contribution in [-0.2, 0) is 0 Å². The van der Waals surface area contributed by atoms with E-state index in [1.54, 1.807) is 14.2 Å². The number of pyridine rings is 1. The summed E-state index contributed by atoms with van der Waals surface area (Å²) in [5.74, 6) is 2.08. The van der Waals surface area contributed by atoms with E-state index in [-0.39, 0.29) is 0 Å². The number of nitrogens with one attached hydrogen (secondary N) is 1. The lowest BCUT2D eigenvalue weighted by Gasteiger charge is -2.39. The van der Waals surface area contributed by atoms with E-state index in [0.717, 1.165) is 34.4 Å². The van der Waals surface area contributed by atoms with E-state index < -0.39 is 0 Å². The van der Waals surface area contributed by atoms with Gasteiger partial charge in [-0.2, -0.15) is 0 Å². The summed E-state index contributed by atoms with van der Waals surface area (Å²) in [5.41, 5.74) is 5.67. The Balaban J connectivity index is 1.36. The van der Waals surface area contributed by atoms with Gasteiger partial charge in [0.1, 0.15) is 5.65 Å². The molecule has 0 aliphatic carbocycles. The van der Waals surface area contributed by atoms with Crippen molar-refractivity contribution in [3.05, 3.63) is 47.8 Å². The molecule has 2 saturated heterocycles.